The summed E-state index contributed by atoms with van der Waals surface area (Å²) in [6.07, 6.45) is -0.464. The van der Waals surface area contributed by atoms with Crippen molar-refractivity contribution < 1.29 is 14.3 Å². The van der Waals surface area contributed by atoms with Crippen LogP contribution >= 0.6 is 0 Å². The van der Waals surface area contributed by atoms with Crippen molar-refractivity contribution in [3.05, 3.63) is 29.6 Å². The number of carbonyl (C=O) groups excluding carboxylic acids is 1. The molecule has 1 fully saturated rings. The number of amides is 1. The van der Waals surface area contributed by atoms with Crippen LogP contribution in [0, 0.1) is 0 Å². The lowest BCUT2D eigenvalue weighted by molar-refractivity contribution is -0.0473. The minimum Gasteiger partial charge on any atom is -0.364 e. The van der Waals surface area contributed by atoms with E-state index in [0.717, 1.165) is 0 Å². The van der Waals surface area contributed by atoms with Crippen molar-refractivity contribution in [3.8, 4) is 0 Å². The molecular weight excluding hydrogens is 184 g/mol. The van der Waals surface area contributed by atoms with Gasteiger partial charge < -0.3 is 15.2 Å². The van der Waals surface area contributed by atoms with E-state index in [-0.39, 0.29) is 5.69 Å². The summed E-state index contributed by atoms with van der Waals surface area (Å²) in [5.74, 6) is -0.551. The van der Waals surface area contributed by atoms with Gasteiger partial charge in [-0.3, -0.25) is 4.79 Å². The normalized spacial score (nSPS) is 17.1. The molecule has 1 aliphatic rings. The van der Waals surface area contributed by atoms with E-state index < -0.39 is 12.2 Å². The summed E-state index contributed by atoms with van der Waals surface area (Å²) < 4.78 is 10.5. The number of ether oxygens (including phenoxy) is 2. The van der Waals surface area contributed by atoms with Crippen LogP contribution in [0.4, 0.5) is 0 Å². The lowest BCUT2D eigenvalue weighted by atomic mass is 10.3. The average Bonchev–Trinajstić information content (AvgIpc) is 2.71. The van der Waals surface area contributed by atoms with Gasteiger partial charge in [-0.25, -0.2) is 4.98 Å². The highest BCUT2D eigenvalue weighted by atomic mass is 16.7. The van der Waals surface area contributed by atoms with E-state index in [1.165, 1.54) is 0 Å². The predicted molar refractivity (Wildman–Crippen MR) is 47.4 cm³/mol. The Morgan fingerprint density at radius 2 is 2.14 bits per heavy atom. The summed E-state index contributed by atoms with van der Waals surface area (Å²) in [6, 6.07) is 5.00. The molecule has 0 aromatic carbocycles. The molecule has 1 amide bonds. The topological polar surface area (TPSA) is 74.4 Å². The van der Waals surface area contributed by atoms with Crippen LogP contribution in [0.1, 0.15) is 22.5 Å². The first-order chi connectivity index (χ1) is 6.77. The van der Waals surface area contributed by atoms with E-state index in [0.29, 0.717) is 18.9 Å². The molecule has 1 aromatic heterocycles. The molecule has 0 saturated carbocycles. The molecule has 74 valence electrons. The molecule has 0 atom stereocenters. The van der Waals surface area contributed by atoms with Crippen LogP contribution < -0.4 is 5.73 Å². The minimum atomic E-state index is -0.551. The predicted octanol–water partition coefficient (Wildman–Crippen LogP) is 0.226. The van der Waals surface area contributed by atoms with Crippen LogP contribution in [-0.4, -0.2) is 24.1 Å². The van der Waals surface area contributed by atoms with E-state index in [2.05, 4.69) is 4.98 Å². The number of aromatic nitrogens is 1. The summed E-state index contributed by atoms with van der Waals surface area (Å²) in [5.41, 5.74) is 5.90. The van der Waals surface area contributed by atoms with Crippen LogP contribution in [0.3, 0.4) is 0 Å². The first-order valence-corrected chi connectivity index (χ1v) is 4.27. The van der Waals surface area contributed by atoms with Crippen molar-refractivity contribution >= 4 is 5.91 Å². The average molecular weight is 194 g/mol. The van der Waals surface area contributed by atoms with Gasteiger partial charge >= 0.3 is 0 Å². The molecule has 2 rings (SSSR count). The molecule has 14 heavy (non-hydrogen) atoms. The third-order valence-electron chi connectivity index (χ3n) is 1.89. The SMILES string of the molecule is NC(=O)c1cccc(C2OCCO2)n1. The van der Waals surface area contributed by atoms with Gasteiger partial charge in [0.15, 0.2) is 0 Å². The number of primary amides is 1. The van der Waals surface area contributed by atoms with Gasteiger partial charge in [-0.1, -0.05) is 6.07 Å². The zero-order valence-electron chi connectivity index (χ0n) is 7.47. The van der Waals surface area contributed by atoms with Crippen molar-refractivity contribution in [1.29, 1.82) is 0 Å². The van der Waals surface area contributed by atoms with Crippen LogP contribution in [0.5, 0.6) is 0 Å². The molecule has 0 radical (unpaired) electrons. The van der Waals surface area contributed by atoms with Gasteiger partial charge in [-0.15, -0.1) is 0 Å². The maximum atomic E-state index is 10.8. The number of carbonyl (C=O) groups is 1. The fourth-order valence-electron chi connectivity index (χ4n) is 1.25. The lowest BCUT2D eigenvalue weighted by Gasteiger charge is -2.08. The maximum absolute atomic E-state index is 10.8. The third kappa shape index (κ3) is 1.73. The summed E-state index contributed by atoms with van der Waals surface area (Å²) in [7, 11) is 0. The second-order valence-corrected chi connectivity index (χ2v) is 2.89. The standard InChI is InChI=1S/C9H10N2O3/c10-8(12)6-2-1-3-7(11-6)9-13-4-5-14-9/h1-3,9H,4-5H2,(H2,10,12). The largest absolute Gasteiger partial charge is 0.364 e. The Labute approximate surface area is 80.8 Å². The molecule has 1 saturated heterocycles. The van der Waals surface area contributed by atoms with Gasteiger partial charge in [0.1, 0.15) is 5.69 Å². The minimum absolute atomic E-state index is 0.224. The highest BCUT2D eigenvalue weighted by Crippen LogP contribution is 2.21. The van der Waals surface area contributed by atoms with Crippen LogP contribution in [0.2, 0.25) is 0 Å². The van der Waals surface area contributed by atoms with Gasteiger partial charge in [0, 0.05) is 0 Å². The van der Waals surface area contributed by atoms with E-state index in [1.807, 2.05) is 0 Å². The van der Waals surface area contributed by atoms with Gasteiger partial charge in [-0.2, -0.15) is 0 Å². The van der Waals surface area contributed by atoms with E-state index in [9.17, 15) is 4.79 Å². The highest BCUT2D eigenvalue weighted by Gasteiger charge is 2.20. The maximum Gasteiger partial charge on any atom is 0.267 e. The van der Waals surface area contributed by atoms with Crippen molar-refractivity contribution in [1.82, 2.24) is 4.98 Å². The Balaban J connectivity index is 2.25. The Hall–Kier alpha value is -1.46. The second-order valence-electron chi connectivity index (χ2n) is 2.89. The Kier molecular flexibility index (Phi) is 2.43. The molecule has 2 N–H and O–H groups in total. The number of nitrogens with zero attached hydrogens (tertiary/aromatic N) is 1. The summed E-state index contributed by atoms with van der Waals surface area (Å²) in [5, 5.41) is 0. The number of nitrogens with two attached hydrogens (primary N) is 1. The summed E-state index contributed by atoms with van der Waals surface area (Å²) in [4.78, 5) is 14.9. The number of pyridine rings is 1. The van der Waals surface area contributed by atoms with Crippen molar-refractivity contribution in [3.63, 3.8) is 0 Å². The Morgan fingerprint density at radius 1 is 1.43 bits per heavy atom. The van der Waals surface area contributed by atoms with Gasteiger partial charge in [0.25, 0.3) is 5.91 Å². The van der Waals surface area contributed by atoms with Crippen molar-refractivity contribution in [2.24, 2.45) is 5.73 Å². The van der Waals surface area contributed by atoms with E-state index in [4.69, 9.17) is 15.2 Å². The molecule has 1 aliphatic heterocycles. The molecule has 5 heteroatoms. The van der Waals surface area contributed by atoms with Gasteiger partial charge in [0.05, 0.1) is 18.9 Å². The smallest absolute Gasteiger partial charge is 0.267 e. The molecule has 0 spiro atoms. The van der Waals surface area contributed by atoms with E-state index >= 15 is 0 Å². The van der Waals surface area contributed by atoms with Crippen molar-refractivity contribution in [2.75, 3.05) is 13.2 Å². The van der Waals surface area contributed by atoms with E-state index in [1.54, 1.807) is 18.2 Å². The summed E-state index contributed by atoms with van der Waals surface area (Å²) in [6.45, 7) is 1.10. The quantitative estimate of drug-likeness (QED) is 0.731. The zero-order chi connectivity index (χ0) is 9.97. The Bertz CT molecular complexity index is 348. The highest BCUT2D eigenvalue weighted by molar-refractivity contribution is 5.90. The van der Waals surface area contributed by atoms with Gasteiger partial charge in [-0.05, 0) is 12.1 Å². The second kappa shape index (κ2) is 3.73. The first kappa shape index (κ1) is 9.11. The van der Waals surface area contributed by atoms with Crippen molar-refractivity contribution in [2.45, 2.75) is 6.29 Å². The summed E-state index contributed by atoms with van der Waals surface area (Å²) >= 11 is 0. The van der Waals surface area contributed by atoms with Crippen LogP contribution in [0.25, 0.3) is 0 Å². The fourth-order valence-corrected chi connectivity index (χ4v) is 1.25. The Morgan fingerprint density at radius 3 is 2.79 bits per heavy atom. The molecule has 1 aromatic rings. The molecule has 2 heterocycles. The molecular formula is C9H10N2O3. The molecule has 0 unspecified atom stereocenters. The zero-order valence-corrected chi connectivity index (χ0v) is 7.47. The molecule has 5 nitrogen and oxygen atoms in total. The van der Waals surface area contributed by atoms with Crippen LogP contribution in [0.15, 0.2) is 18.2 Å². The third-order valence-corrected chi connectivity index (χ3v) is 1.89. The monoisotopic (exact) mass is 194 g/mol. The molecule has 0 aliphatic carbocycles. The van der Waals surface area contributed by atoms with Gasteiger partial charge in [0.2, 0.25) is 6.29 Å². The first-order valence-electron chi connectivity index (χ1n) is 4.27. The number of hydrogen-bond donors (Lipinski definition) is 1. The lowest BCUT2D eigenvalue weighted by Crippen LogP contribution is -2.14. The fraction of sp³-hybridized carbons (Fsp3) is 0.333. The number of hydrogen-bond acceptors (Lipinski definition) is 4. The number of rotatable bonds is 2. The van der Waals surface area contributed by atoms with Crippen LogP contribution in [-0.2, 0) is 9.47 Å². The molecule has 0 bridgehead atoms.